The van der Waals surface area contributed by atoms with Crippen LogP contribution in [0.3, 0.4) is 0 Å². The van der Waals surface area contributed by atoms with E-state index in [0.29, 0.717) is 6.04 Å². The summed E-state index contributed by atoms with van der Waals surface area (Å²) in [6, 6.07) is 0.547. The molecule has 12 heavy (non-hydrogen) atoms. The number of amidine groups is 1. The van der Waals surface area contributed by atoms with Gasteiger partial charge in [0.15, 0.2) is 0 Å². The number of nitrogens with zero attached hydrogens (tertiary/aromatic N) is 2. The number of hydrogen-bond donors (Lipinski definition) is 1. The van der Waals surface area contributed by atoms with Crippen molar-refractivity contribution in [2.24, 2.45) is 4.99 Å². The first kappa shape index (κ1) is 8.05. The fourth-order valence-electron chi connectivity index (χ4n) is 2.00. The van der Waals surface area contributed by atoms with Crippen LogP contribution in [0.2, 0.25) is 0 Å². The largest absolute Gasteiger partial charge is 0.360 e. The number of piperidine rings is 1. The first-order valence-corrected chi connectivity index (χ1v) is 4.87. The maximum atomic E-state index is 4.52. The molecule has 0 radical (unpaired) electrons. The summed E-state index contributed by atoms with van der Waals surface area (Å²) in [4.78, 5) is 6.80. The van der Waals surface area contributed by atoms with Gasteiger partial charge in [0.2, 0.25) is 0 Å². The zero-order valence-electron chi connectivity index (χ0n) is 7.71. The Bertz CT molecular complexity index is 182. The van der Waals surface area contributed by atoms with E-state index in [1.54, 1.807) is 0 Å². The maximum Gasteiger partial charge on any atom is 0.116 e. The van der Waals surface area contributed by atoms with Crippen molar-refractivity contribution in [2.75, 3.05) is 26.7 Å². The molecule has 0 bridgehead atoms. The Morgan fingerprint density at radius 1 is 1.50 bits per heavy atom. The lowest BCUT2D eigenvalue weighted by atomic mass is 10.0. The first-order chi connectivity index (χ1) is 5.88. The summed E-state index contributed by atoms with van der Waals surface area (Å²) in [6.07, 6.45) is 3.95. The molecule has 0 aromatic carbocycles. The molecule has 3 heteroatoms. The molecule has 0 aromatic heterocycles. The second-order valence-corrected chi connectivity index (χ2v) is 3.66. The van der Waals surface area contributed by atoms with Crippen LogP contribution < -0.4 is 5.32 Å². The summed E-state index contributed by atoms with van der Waals surface area (Å²) in [5.74, 6) is 1.29. The van der Waals surface area contributed by atoms with Crippen molar-refractivity contribution in [3.05, 3.63) is 0 Å². The molecule has 1 atom stereocenters. The van der Waals surface area contributed by atoms with Crippen LogP contribution in [-0.4, -0.2) is 43.5 Å². The zero-order chi connectivity index (χ0) is 8.39. The lowest BCUT2D eigenvalue weighted by Gasteiger charge is -2.27. The fraction of sp³-hybridized carbons (Fsp3) is 0.889. The molecule has 0 amide bonds. The van der Waals surface area contributed by atoms with E-state index in [4.69, 9.17) is 0 Å². The van der Waals surface area contributed by atoms with Gasteiger partial charge >= 0.3 is 0 Å². The highest BCUT2D eigenvalue weighted by Gasteiger charge is 2.23. The molecule has 0 spiro atoms. The summed E-state index contributed by atoms with van der Waals surface area (Å²) in [7, 11) is 2.14. The third-order valence-electron chi connectivity index (χ3n) is 2.72. The standard InChI is InChI=1S/C9H17N3/c1-12-7-6-11-9(12)8-4-2-3-5-10-8/h8,10H,2-7H2,1H3. The zero-order valence-corrected chi connectivity index (χ0v) is 7.71. The van der Waals surface area contributed by atoms with Crippen LogP contribution >= 0.6 is 0 Å². The van der Waals surface area contributed by atoms with Gasteiger partial charge in [-0.15, -0.1) is 0 Å². The molecular weight excluding hydrogens is 150 g/mol. The summed E-state index contributed by atoms with van der Waals surface area (Å²) in [5, 5.41) is 3.52. The normalized spacial score (nSPS) is 30.6. The summed E-state index contributed by atoms with van der Waals surface area (Å²) in [5.41, 5.74) is 0. The molecule has 1 unspecified atom stereocenters. The SMILES string of the molecule is CN1CCN=C1C1CCCCN1. The highest BCUT2D eigenvalue weighted by atomic mass is 15.2. The maximum absolute atomic E-state index is 4.52. The topological polar surface area (TPSA) is 27.6 Å². The molecule has 2 rings (SSSR count). The van der Waals surface area contributed by atoms with E-state index in [-0.39, 0.29) is 0 Å². The second-order valence-electron chi connectivity index (χ2n) is 3.66. The number of hydrogen-bond acceptors (Lipinski definition) is 3. The Kier molecular flexibility index (Phi) is 2.30. The van der Waals surface area contributed by atoms with Crippen LogP contribution in [0.1, 0.15) is 19.3 Å². The van der Waals surface area contributed by atoms with Gasteiger partial charge in [0.25, 0.3) is 0 Å². The van der Waals surface area contributed by atoms with Crippen LogP contribution in [0.15, 0.2) is 4.99 Å². The molecule has 1 saturated heterocycles. The third-order valence-corrected chi connectivity index (χ3v) is 2.72. The van der Waals surface area contributed by atoms with E-state index in [0.717, 1.165) is 19.6 Å². The predicted molar refractivity (Wildman–Crippen MR) is 50.6 cm³/mol. The second kappa shape index (κ2) is 3.44. The first-order valence-electron chi connectivity index (χ1n) is 4.87. The van der Waals surface area contributed by atoms with Gasteiger partial charge in [0, 0.05) is 13.6 Å². The minimum atomic E-state index is 0.547. The molecular formula is C9H17N3. The molecule has 3 nitrogen and oxygen atoms in total. The smallest absolute Gasteiger partial charge is 0.116 e. The quantitative estimate of drug-likeness (QED) is 0.615. The van der Waals surface area contributed by atoms with Crippen molar-refractivity contribution in [2.45, 2.75) is 25.3 Å². The Labute approximate surface area is 73.9 Å². The predicted octanol–water partition coefficient (Wildman–Crippen LogP) is 0.472. The highest BCUT2D eigenvalue weighted by molar-refractivity contribution is 5.88. The third kappa shape index (κ3) is 1.46. The minimum absolute atomic E-state index is 0.547. The summed E-state index contributed by atoms with van der Waals surface area (Å²) in [6.45, 7) is 3.26. The minimum Gasteiger partial charge on any atom is -0.360 e. The van der Waals surface area contributed by atoms with Gasteiger partial charge in [-0.05, 0) is 19.4 Å². The highest BCUT2D eigenvalue weighted by Crippen LogP contribution is 2.12. The average Bonchev–Trinajstić information content (AvgIpc) is 2.53. The van der Waals surface area contributed by atoms with Gasteiger partial charge in [-0.25, -0.2) is 0 Å². The van der Waals surface area contributed by atoms with Crippen molar-refractivity contribution in [3.63, 3.8) is 0 Å². The van der Waals surface area contributed by atoms with E-state index in [1.165, 1.54) is 25.1 Å². The van der Waals surface area contributed by atoms with E-state index in [1.807, 2.05) is 0 Å². The molecule has 0 aromatic rings. The monoisotopic (exact) mass is 167 g/mol. The molecule has 0 saturated carbocycles. The molecule has 2 aliphatic heterocycles. The fourth-order valence-corrected chi connectivity index (χ4v) is 2.00. The van der Waals surface area contributed by atoms with Gasteiger partial charge in [-0.3, -0.25) is 4.99 Å². The van der Waals surface area contributed by atoms with E-state index < -0.39 is 0 Å². The number of likely N-dealkylation sites (N-methyl/N-ethyl adjacent to an activating group) is 1. The van der Waals surface area contributed by atoms with Crippen molar-refractivity contribution in [1.29, 1.82) is 0 Å². The van der Waals surface area contributed by atoms with Crippen LogP contribution in [0.5, 0.6) is 0 Å². The molecule has 0 aliphatic carbocycles. The van der Waals surface area contributed by atoms with Crippen molar-refractivity contribution in [1.82, 2.24) is 10.2 Å². The lowest BCUT2D eigenvalue weighted by Crippen LogP contribution is -2.45. The van der Waals surface area contributed by atoms with E-state index in [2.05, 4.69) is 22.3 Å². The van der Waals surface area contributed by atoms with Crippen LogP contribution in [0.4, 0.5) is 0 Å². The van der Waals surface area contributed by atoms with Gasteiger partial charge < -0.3 is 10.2 Å². The van der Waals surface area contributed by atoms with Crippen LogP contribution in [0.25, 0.3) is 0 Å². The van der Waals surface area contributed by atoms with Gasteiger partial charge in [-0.2, -0.15) is 0 Å². The van der Waals surface area contributed by atoms with E-state index >= 15 is 0 Å². The van der Waals surface area contributed by atoms with E-state index in [9.17, 15) is 0 Å². The molecule has 1 N–H and O–H groups in total. The molecule has 68 valence electrons. The number of rotatable bonds is 1. The number of nitrogens with one attached hydrogen (secondary N) is 1. The summed E-state index contributed by atoms with van der Waals surface area (Å²) >= 11 is 0. The van der Waals surface area contributed by atoms with Crippen LogP contribution in [-0.2, 0) is 0 Å². The van der Waals surface area contributed by atoms with Gasteiger partial charge in [0.05, 0.1) is 12.6 Å². The Hall–Kier alpha value is -0.570. The van der Waals surface area contributed by atoms with Gasteiger partial charge in [-0.1, -0.05) is 6.42 Å². The molecule has 2 aliphatic rings. The van der Waals surface area contributed by atoms with Crippen molar-refractivity contribution >= 4 is 5.84 Å². The van der Waals surface area contributed by atoms with Crippen molar-refractivity contribution < 1.29 is 0 Å². The molecule has 1 fully saturated rings. The Morgan fingerprint density at radius 3 is 3.00 bits per heavy atom. The Morgan fingerprint density at radius 2 is 2.42 bits per heavy atom. The average molecular weight is 167 g/mol. The summed E-state index contributed by atoms with van der Waals surface area (Å²) < 4.78 is 0. The van der Waals surface area contributed by atoms with Crippen molar-refractivity contribution in [3.8, 4) is 0 Å². The Balaban J connectivity index is 1.97. The number of aliphatic imine (C=N–C) groups is 1. The van der Waals surface area contributed by atoms with Gasteiger partial charge in [0.1, 0.15) is 5.84 Å². The van der Waals surface area contributed by atoms with Crippen LogP contribution in [0, 0.1) is 0 Å². The lowest BCUT2D eigenvalue weighted by molar-refractivity contribution is 0.435. The molecule has 2 heterocycles.